The van der Waals surface area contributed by atoms with Gasteiger partial charge in [-0.1, -0.05) is 6.07 Å². The number of nitrogens with one attached hydrogen (secondary N) is 1. The number of carbonyl (C=O) groups excluding carboxylic acids is 1. The second-order valence-electron chi connectivity index (χ2n) is 4.12. The number of aryl methyl sites for hydroxylation is 1. The Balaban J connectivity index is 2.33. The van der Waals surface area contributed by atoms with E-state index in [2.05, 4.69) is 10.3 Å². The van der Waals surface area contributed by atoms with Crippen molar-refractivity contribution in [3.63, 3.8) is 0 Å². The van der Waals surface area contributed by atoms with Crippen molar-refractivity contribution in [1.82, 2.24) is 4.98 Å². The lowest BCUT2D eigenvalue weighted by atomic mass is 10.1. The van der Waals surface area contributed by atoms with Crippen LogP contribution in [0.2, 0.25) is 0 Å². The Bertz CT molecular complexity index is 686. The van der Waals surface area contributed by atoms with Crippen molar-refractivity contribution in [2.75, 3.05) is 5.32 Å². The number of nitrogens with zero attached hydrogens (tertiary/aromatic N) is 1. The van der Waals surface area contributed by atoms with Gasteiger partial charge in [-0.2, -0.15) is 0 Å². The molecule has 0 spiro atoms. The van der Waals surface area contributed by atoms with Gasteiger partial charge in [-0.15, -0.1) is 0 Å². The van der Waals surface area contributed by atoms with Crippen molar-refractivity contribution >= 4 is 17.6 Å². The van der Waals surface area contributed by atoms with Gasteiger partial charge in [0.2, 0.25) is 0 Å². The Labute approximate surface area is 114 Å². The highest BCUT2D eigenvalue weighted by atomic mass is 19.1. The zero-order valence-electron chi connectivity index (χ0n) is 10.6. The van der Waals surface area contributed by atoms with Crippen LogP contribution in [0.5, 0.6) is 0 Å². The summed E-state index contributed by atoms with van der Waals surface area (Å²) in [6.07, 6.45) is 1.46. The highest BCUT2D eigenvalue weighted by Crippen LogP contribution is 2.18. The molecule has 0 atom stereocenters. The number of rotatable bonds is 3. The molecule has 5 nitrogen and oxygen atoms in total. The molecule has 1 aromatic heterocycles. The van der Waals surface area contributed by atoms with E-state index in [1.54, 1.807) is 19.1 Å². The molecular formula is C14H11FN2O3. The number of aromatic carboxylic acids is 1. The molecule has 0 unspecified atom stereocenters. The highest BCUT2D eigenvalue weighted by Gasteiger charge is 2.16. The molecule has 102 valence electrons. The first-order valence-electron chi connectivity index (χ1n) is 5.75. The van der Waals surface area contributed by atoms with Crippen molar-refractivity contribution in [2.45, 2.75) is 6.92 Å². The number of hydrogen-bond acceptors (Lipinski definition) is 3. The number of benzene rings is 1. The Morgan fingerprint density at radius 2 is 2.05 bits per heavy atom. The van der Waals surface area contributed by atoms with Crippen molar-refractivity contribution in [1.29, 1.82) is 0 Å². The first-order valence-corrected chi connectivity index (χ1v) is 5.75. The minimum atomic E-state index is -1.32. The predicted octanol–water partition coefficient (Wildman–Crippen LogP) is 2.48. The lowest BCUT2D eigenvalue weighted by Gasteiger charge is -2.09. The SMILES string of the molecule is Cc1cccnc1C(=O)Nc1ccc(F)cc1C(=O)O. The van der Waals surface area contributed by atoms with E-state index in [1.807, 2.05) is 0 Å². The zero-order valence-corrected chi connectivity index (χ0v) is 10.6. The zero-order chi connectivity index (χ0) is 14.7. The van der Waals surface area contributed by atoms with Crippen LogP contribution in [0, 0.1) is 12.7 Å². The number of aromatic nitrogens is 1. The number of anilines is 1. The van der Waals surface area contributed by atoms with E-state index in [1.165, 1.54) is 12.3 Å². The van der Waals surface area contributed by atoms with E-state index in [0.29, 0.717) is 5.56 Å². The lowest BCUT2D eigenvalue weighted by molar-refractivity contribution is 0.0697. The van der Waals surface area contributed by atoms with E-state index < -0.39 is 17.7 Å². The van der Waals surface area contributed by atoms with E-state index in [-0.39, 0.29) is 16.9 Å². The molecule has 0 aliphatic rings. The van der Waals surface area contributed by atoms with Crippen LogP contribution in [0.4, 0.5) is 10.1 Å². The molecule has 0 fully saturated rings. The van der Waals surface area contributed by atoms with Crippen LogP contribution in [-0.4, -0.2) is 22.0 Å². The molecule has 1 amide bonds. The molecule has 20 heavy (non-hydrogen) atoms. The summed E-state index contributed by atoms with van der Waals surface area (Å²) in [4.78, 5) is 27.0. The number of carboxylic acid groups (broad SMARTS) is 1. The normalized spacial score (nSPS) is 10.1. The number of carboxylic acids is 1. The van der Waals surface area contributed by atoms with Gasteiger partial charge in [0.25, 0.3) is 5.91 Å². The summed E-state index contributed by atoms with van der Waals surface area (Å²) in [5.41, 5.74) is 0.554. The summed E-state index contributed by atoms with van der Waals surface area (Å²) in [5, 5.41) is 11.4. The van der Waals surface area contributed by atoms with Crippen LogP contribution in [0.15, 0.2) is 36.5 Å². The quantitative estimate of drug-likeness (QED) is 0.901. The average molecular weight is 274 g/mol. The summed E-state index contributed by atoms with van der Waals surface area (Å²) in [6.45, 7) is 1.71. The van der Waals surface area contributed by atoms with Gasteiger partial charge in [0.15, 0.2) is 0 Å². The minimum absolute atomic E-state index is 0.0222. The minimum Gasteiger partial charge on any atom is -0.478 e. The molecule has 1 aromatic carbocycles. The maximum atomic E-state index is 13.0. The van der Waals surface area contributed by atoms with Crippen molar-refractivity contribution in [3.8, 4) is 0 Å². The van der Waals surface area contributed by atoms with Gasteiger partial charge in [-0.05, 0) is 36.8 Å². The van der Waals surface area contributed by atoms with Gasteiger partial charge >= 0.3 is 5.97 Å². The van der Waals surface area contributed by atoms with E-state index in [4.69, 9.17) is 5.11 Å². The Morgan fingerprint density at radius 1 is 1.30 bits per heavy atom. The number of carbonyl (C=O) groups is 2. The van der Waals surface area contributed by atoms with Gasteiger partial charge in [0, 0.05) is 6.20 Å². The Kier molecular flexibility index (Phi) is 3.74. The van der Waals surface area contributed by atoms with Crippen LogP contribution < -0.4 is 5.32 Å². The molecule has 0 saturated carbocycles. The second-order valence-corrected chi connectivity index (χ2v) is 4.12. The van der Waals surface area contributed by atoms with Crippen LogP contribution in [0.3, 0.4) is 0 Å². The third-order valence-corrected chi connectivity index (χ3v) is 2.68. The van der Waals surface area contributed by atoms with Crippen molar-refractivity contribution in [3.05, 3.63) is 59.2 Å². The second kappa shape index (κ2) is 5.48. The number of pyridine rings is 1. The van der Waals surface area contributed by atoms with E-state index in [9.17, 15) is 14.0 Å². The van der Waals surface area contributed by atoms with Gasteiger partial charge in [-0.25, -0.2) is 9.18 Å². The molecule has 1 heterocycles. The van der Waals surface area contributed by atoms with Gasteiger partial charge in [-0.3, -0.25) is 9.78 Å². The third-order valence-electron chi connectivity index (χ3n) is 2.68. The summed E-state index contributed by atoms with van der Waals surface area (Å²) < 4.78 is 13.0. The molecule has 0 radical (unpaired) electrons. The fourth-order valence-electron chi connectivity index (χ4n) is 1.71. The molecule has 0 bridgehead atoms. The molecule has 2 rings (SSSR count). The van der Waals surface area contributed by atoms with Gasteiger partial charge < -0.3 is 10.4 Å². The topological polar surface area (TPSA) is 79.3 Å². The summed E-state index contributed by atoms with van der Waals surface area (Å²) in [5.74, 6) is -2.55. The van der Waals surface area contributed by atoms with Crippen molar-refractivity contribution < 1.29 is 19.1 Å². The highest BCUT2D eigenvalue weighted by molar-refractivity contribution is 6.07. The molecule has 0 aliphatic heterocycles. The number of amides is 1. The monoisotopic (exact) mass is 274 g/mol. The van der Waals surface area contributed by atoms with Crippen LogP contribution in [-0.2, 0) is 0 Å². The average Bonchev–Trinajstić information content (AvgIpc) is 2.41. The summed E-state index contributed by atoms with van der Waals surface area (Å²) in [6, 6.07) is 6.53. The molecule has 2 N–H and O–H groups in total. The van der Waals surface area contributed by atoms with E-state index in [0.717, 1.165) is 12.1 Å². The van der Waals surface area contributed by atoms with Gasteiger partial charge in [0.1, 0.15) is 11.5 Å². The first kappa shape index (κ1) is 13.7. The first-order chi connectivity index (χ1) is 9.49. The third kappa shape index (κ3) is 2.80. The fraction of sp³-hybridized carbons (Fsp3) is 0.0714. The molecular weight excluding hydrogens is 263 g/mol. The number of hydrogen-bond donors (Lipinski definition) is 2. The standard InChI is InChI=1S/C14H11FN2O3/c1-8-3-2-6-16-12(8)13(18)17-11-5-4-9(15)7-10(11)14(19)20/h2-7H,1H3,(H,17,18)(H,19,20). The maximum Gasteiger partial charge on any atom is 0.337 e. The number of halogens is 1. The molecule has 2 aromatic rings. The molecule has 0 saturated heterocycles. The fourth-order valence-corrected chi connectivity index (χ4v) is 1.71. The molecule has 0 aliphatic carbocycles. The van der Waals surface area contributed by atoms with Crippen LogP contribution in [0.1, 0.15) is 26.4 Å². The van der Waals surface area contributed by atoms with Crippen LogP contribution in [0.25, 0.3) is 0 Å². The van der Waals surface area contributed by atoms with Crippen molar-refractivity contribution in [2.24, 2.45) is 0 Å². The summed E-state index contributed by atoms with van der Waals surface area (Å²) in [7, 11) is 0. The smallest absolute Gasteiger partial charge is 0.337 e. The lowest BCUT2D eigenvalue weighted by Crippen LogP contribution is -2.17. The molecule has 6 heteroatoms. The Morgan fingerprint density at radius 3 is 2.70 bits per heavy atom. The summed E-state index contributed by atoms with van der Waals surface area (Å²) >= 11 is 0. The van der Waals surface area contributed by atoms with Crippen LogP contribution >= 0.6 is 0 Å². The predicted molar refractivity (Wildman–Crippen MR) is 70.3 cm³/mol. The van der Waals surface area contributed by atoms with Gasteiger partial charge in [0.05, 0.1) is 11.3 Å². The maximum absolute atomic E-state index is 13.0. The largest absolute Gasteiger partial charge is 0.478 e. The van der Waals surface area contributed by atoms with E-state index >= 15 is 0 Å². The Hall–Kier alpha value is -2.76.